The Bertz CT molecular complexity index is 1070. The van der Waals surface area contributed by atoms with Crippen molar-refractivity contribution in [2.75, 3.05) is 25.0 Å². The van der Waals surface area contributed by atoms with Gasteiger partial charge in [-0.15, -0.1) is 0 Å². The van der Waals surface area contributed by atoms with Gasteiger partial charge in [-0.25, -0.2) is 9.97 Å². The number of hydrogen-bond acceptors (Lipinski definition) is 6. The number of pyridine rings is 1. The number of nitrogens with zero attached hydrogens (tertiary/aromatic N) is 4. The fraction of sp³-hybridized carbons (Fsp3) is 0.385. The minimum atomic E-state index is -0.296. The van der Waals surface area contributed by atoms with Gasteiger partial charge in [0.2, 0.25) is 0 Å². The molecule has 7 heteroatoms. The molecule has 1 amide bonds. The zero-order chi connectivity index (χ0) is 22.5. The molecule has 33 heavy (non-hydrogen) atoms. The van der Waals surface area contributed by atoms with E-state index in [4.69, 9.17) is 14.7 Å². The third-order valence-corrected chi connectivity index (χ3v) is 6.30. The van der Waals surface area contributed by atoms with E-state index in [-0.39, 0.29) is 17.9 Å². The largest absolute Gasteiger partial charge is 0.368 e. The second-order valence-electron chi connectivity index (χ2n) is 8.71. The Morgan fingerprint density at radius 3 is 2.73 bits per heavy atom. The van der Waals surface area contributed by atoms with E-state index >= 15 is 0 Å². The lowest BCUT2D eigenvalue weighted by Crippen LogP contribution is -2.46. The number of carbonyl (C=O) groups is 1. The SMILES string of the molecule is O=C([C@H]1CCCCO1)N1CCC[C@H](c2nc(Nc3ccccc3)cc(-c3cccnc3)n2)C1. The number of nitrogens with one attached hydrogen (secondary N) is 1. The maximum atomic E-state index is 13.1. The van der Waals surface area contributed by atoms with Gasteiger partial charge in [-0.1, -0.05) is 18.2 Å². The summed E-state index contributed by atoms with van der Waals surface area (Å²) in [6, 6.07) is 15.9. The lowest BCUT2D eigenvalue weighted by atomic mass is 9.95. The highest BCUT2D eigenvalue weighted by molar-refractivity contribution is 5.81. The number of rotatable bonds is 5. The number of hydrogen-bond donors (Lipinski definition) is 1. The normalized spacial score (nSPS) is 20.9. The van der Waals surface area contributed by atoms with Crippen LogP contribution in [0.4, 0.5) is 11.5 Å². The molecule has 7 nitrogen and oxygen atoms in total. The average molecular weight is 444 g/mol. The van der Waals surface area contributed by atoms with Gasteiger partial charge in [0.25, 0.3) is 5.91 Å². The molecule has 170 valence electrons. The summed E-state index contributed by atoms with van der Waals surface area (Å²) >= 11 is 0. The van der Waals surface area contributed by atoms with Crippen LogP contribution in [0.3, 0.4) is 0 Å². The van der Waals surface area contributed by atoms with Crippen LogP contribution in [0.15, 0.2) is 60.9 Å². The highest BCUT2D eigenvalue weighted by Gasteiger charge is 2.32. The topological polar surface area (TPSA) is 80.2 Å². The van der Waals surface area contributed by atoms with Crippen LogP contribution in [-0.2, 0) is 9.53 Å². The van der Waals surface area contributed by atoms with Crippen LogP contribution in [0.2, 0.25) is 0 Å². The summed E-state index contributed by atoms with van der Waals surface area (Å²) in [4.78, 5) is 29.1. The summed E-state index contributed by atoms with van der Waals surface area (Å²) in [6.45, 7) is 2.07. The van der Waals surface area contributed by atoms with Crippen molar-refractivity contribution in [2.24, 2.45) is 0 Å². The van der Waals surface area contributed by atoms with Gasteiger partial charge in [0.1, 0.15) is 17.7 Å². The van der Waals surface area contributed by atoms with E-state index in [9.17, 15) is 4.79 Å². The first-order valence-electron chi connectivity index (χ1n) is 11.8. The lowest BCUT2D eigenvalue weighted by molar-refractivity contribution is -0.147. The number of benzene rings is 1. The van der Waals surface area contributed by atoms with E-state index in [1.54, 1.807) is 6.20 Å². The van der Waals surface area contributed by atoms with Gasteiger partial charge in [-0.3, -0.25) is 9.78 Å². The highest BCUT2D eigenvalue weighted by atomic mass is 16.5. The number of amides is 1. The van der Waals surface area contributed by atoms with Crippen molar-refractivity contribution >= 4 is 17.4 Å². The second-order valence-corrected chi connectivity index (χ2v) is 8.71. The Morgan fingerprint density at radius 1 is 1.03 bits per heavy atom. The van der Waals surface area contributed by atoms with E-state index in [2.05, 4.69) is 10.3 Å². The first kappa shape index (κ1) is 21.5. The summed E-state index contributed by atoms with van der Waals surface area (Å²) in [7, 11) is 0. The molecule has 0 saturated carbocycles. The van der Waals surface area contributed by atoms with Crippen LogP contribution in [-0.4, -0.2) is 51.6 Å². The third-order valence-electron chi connectivity index (χ3n) is 6.30. The smallest absolute Gasteiger partial charge is 0.251 e. The standard InChI is InChI=1S/C26H29N5O2/c32-26(23-12-4-5-15-33-23)31-14-7-9-20(18-31)25-29-22(19-8-6-13-27-17-19)16-24(30-25)28-21-10-2-1-3-11-21/h1-3,6,8,10-11,13,16-17,20,23H,4-5,7,9,12,14-15,18H2,(H,28,29,30)/t20-,23+/m0/s1. The first-order chi connectivity index (χ1) is 16.3. The number of likely N-dealkylation sites (tertiary alicyclic amines) is 1. The highest BCUT2D eigenvalue weighted by Crippen LogP contribution is 2.30. The molecule has 0 spiro atoms. The number of piperidine rings is 1. The molecule has 0 unspecified atom stereocenters. The Hall–Kier alpha value is -3.32. The zero-order valence-electron chi connectivity index (χ0n) is 18.7. The number of anilines is 2. The van der Waals surface area contributed by atoms with Crippen LogP contribution in [0.1, 0.15) is 43.8 Å². The number of aromatic nitrogens is 3. The van der Waals surface area contributed by atoms with Gasteiger partial charge in [0.05, 0.1) is 5.69 Å². The predicted octanol–water partition coefficient (Wildman–Crippen LogP) is 4.56. The molecule has 4 heterocycles. The zero-order valence-corrected chi connectivity index (χ0v) is 18.7. The first-order valence-corrected chi connectivity index (χ1v) is 11.8. The van der Waals surface area contributed by atoms with Gasteiger partial charge in [-0.05, 0) is 56.4 Å². The summed E-state index contributed by atoms with van der Waals surface area (Å²) < 4.78 is 5.76. The van der Waals surface area contributed by atoms with E-state index in [0.717, 1.165) is 67.2 Å². The van der Waals surface area contributed by atoms with Crippen molar-refractivity contribution in [3.63, 3.8) is 0 Å². The molecular formula is C26H29N5O2. The summed E-state index contributed by atoms with van der Waals surface area (Å²) in [6.07, 6.45) is 8.08. The van der Waals surface area contributed by atoms with E-state index in [1.165, 1.54) is 0 Å². The van der Waals surface area contributed by atoms with Crippen molar-refractivity contribution in [3.8, 4) is 11.3 Å². The van der Waals surface area contributed by atoms with Crippen LogP contribution >= 0.6 is 0 Å². The Labute approximate surface area is 194 Å². The molecule has 2 atom stereocenters. The van der Waals surface area contributed by atoms with E-state index in [1.807, 2.05) is 59.6 Å². The van der Waals surface area contributed by atoms with Crippen LogP contribution in [0, 0.1) is 0 Å². The van der Waals surface area contributed by atoms with E-state index in [0.29, 0.717) is 13.2 Å². The molecule has 2 fully saturated rings. The maximum absolute atomic E-state index is 13.1. The van der Waals surface area contributed by atoms with Crippen LogP contribution < -0.4 is 5.32 Å². The van der Waals surface area contributed by atoms with Crippen molar-refractivity contribution in [2.45, 2.75) is 44.1 Å². The Kier molecular flexibility index (Phi) is 6.58. The molecule has 3 aromatic rings. The van der Waals surface area contributed by atoms with Crippen molar-refractivity contribution in [3.05, 3.63) is 66.7 Å². The Balaban J connectivity index is 1.42. The number of para-hydroxylation sites is 1. The van der Waals surface area contributed by atoms with Gasteiger partial charge < -0.3 is 15.0 Å². The molecule has 0 aliphatic carbocycles. The lowest BCUT2D eigenvalue weighted by Gasteiger charge is -2.35. The van der Waals surface area contributed by atoms with Crippen LogP contribution in [0.5, 0.6) is 0 Å². The molecule has 1 aromatic carbocycles. The summed E-state index contributed by atoms with van der Waals surface area (Å²) in [5, 5.41) is 3.41. The minimum absolute atomic E-state index is 0.0826. The molecule has 2 aromatic heterocycles. The van der Waals surface area contributed by atoms with Crippen LogP contribution in [0.25, 0.3) is 11.3 Å². The molecule has 0 radical (unpaired) electrons. The van der Waals surface area contributed by atoms with Crippen molar-refractivity contribution < 1.29 is 9.53 Å². The Morgan fingerprint density at radius 2 is 1.94 bits per heavy atom. The van der Waals surface area contributed by atoms with Crippen molar-refractivity contribution in [1.29, 1.82) is 0 Å². The molecule has 2 aliphatic heterocycles. The molecule has 0 bridgehead atoms. The summed E-state index contributed by atoms with van der Waals surface area (Å²) in [5.41, 5.74) is 2.73. The predicted molar refractivity (Wildman–Crippen MR) is 127 cm³/mol. The second kappa shape index (κ2) is 10.1. The fourth-order valence-electron chi connectivity index (χ4n) is 4.57. The molecule has 5 rings (SSSR count). The minimum Gasteiger partial charge on any atom is -0.368 e. The maximum Gasteiger partial charge on any atom is 0.251 e. The third kappa shape index (κ3) is 5.20. The monoisotopic (exact) mass is 443 g/mol. The quantitative estimate of drug-likeness (QED) is 0.623. The van der Waals surface area contributed by atoms with Gasteiger partial charge >= 0.3 is 0 Å². The van der Waals surface area contributed by atoms with Gasteiger partial charge in [-0.2, -0.15) is 0 Å². The van der Waals surface area contributed by atoms with Gasteiger partial charge in [0.15, 0.2) is 0 Å². The molecule has 2 aliphatic rings. The van der Waals surface area contributed by atoms with Crippen molar-refractivity contribution in [1.82, 2.24) is 19.9 Å². The van der Waals surface area contributed by atoms with Gasteiger partial charge in [0, 0.05) is 55.3 Å². The van der Waals surface area contributed by atoms with E-state index < -0.39 is 0 Å². The molecule has 1 N–H and O–H groups in total. The average Bonchev–Trinajstić information content (AvgIpc) is 2.90. The number of carbonyl (C=O) groups excluding carboxylic acids is 1. The molecular weight excluding hydrogens is 414 g/mol. The number of ether oxygens (including phenoxy) is 1. The summed E-state index contributed by atoms with van der Waals surface area (Å²) in [5.74, 6) is 1.70. The fourth-order valence-corrected chi connectivity index (χ4v) is 4.57. The molecule has 2 saturated heterocycles.